The maximum Gasteiger partial charge on any atom is 0.304 e. The van der Waals surface area contributed by atoms with Gasteiger partial charge in [0.1, 0.15) is 10.6 Å². The van der Waals surface area contributed by atoms with Crippen LogP contribution in [0.5, 0.6) is 0 Å². The zero-order chi connectivity index (χ0) is 15.6. The molecule has 8 nitrogen and oxygen atoms in total. The van der Waals surface area contributed by atoms with Crippen LogP contribution < -0.4 is 0 Å². The number of sulfonamides is 1. The maximum atomic E-state index is 12.6. The summed E-state index contributed by atoms with van der Waals surface area (Å²) in [5, 5.41) is 12.3. The van der Waals surface area contributed by atoms with Gasteiger partial charge in [-0.2, -0.15) is 4.31 Å². The lowest BCUT2D eigenvalue weighted by Crippen LogP contribution is -2.49. The van der Waals surface area contributed by atoms with Crippen molar-refractivity contribution in [2.24, 2.45) is 0 Å². The molecule has 0 saturated carbocycles. The number of carboxylic acid groups (broad SMARTS) is 1. The Kier molecular flexibility index (Phi) is 4.64. The van der Waals surface area contributed by atoms with Crippen molar-refractivity contribution >= 4 is 16.0 Å². The molecule has 1 aliphatic rings. The number of carbonyl (C=O) groups is 1. The number of piperazine rings is 1. The zero-order valence-corrected chi connectivity index (χ0v) is 12.9. The van der Waals surface area contributed by atoms with Gasteiger partial charge in [0, 0.05) is 32.7 Å². The smallest absolute Gasteiger partial charge is 0.304 e. The van der Waals surface area contributed by atoms with Gasteiger partial charge in [0.15, 0.2) is 5.76 Å². The summed E-state index contributed by atoms with van der Waals surface area (Å²) in [4.78, 5) is 12.6. The third kappa shape index (κ3) is 3.42. The summed E-state index contributed by atoms with van der Waals surface area (Å²) in [6.45, 7) is 5.35. The van der Waals surface area contributed by atoms with Crippen LogP contribution >= 0.6 is 0 Å². The molecule has 1 aliphatic heterocycles. The number of aromatic nitrogens is 1. The maximum absolute atomic E-state index is 12.6. The highest BCUT2D eigenvalue weighted by atomic mass is 32.2. The van der Waals surface area contributed by atoms with Gasteiger partial charge in [-0.25, -0.2) is 8.42 Å². The molecule has 1 N–H and O–H groups in total. The second kappa shape index (κ2) is 6.12. The van der Waals surface area contributed by atoms with Crippen molar-refractivity contribution in [3.05, 3.63) is 11.5 Å². The second-order valence-electron chi connectivity index (χ2n) is 5.04. The molecule has 0 aliphatic carbocycles. The molecule has 9 heteroatoms. The van der Waals surface area contributed by atoms with Crippen LogP contribution in [-0.2, 0) is 14.8 Å². The minimum atomic E-state index is -3.60. The Balaban J connectivity index is 2.03. The first-order valence-electron chi connectivity index (χ1n) is 6.69. The van der Waals surface area contributed by atoms with E-state index >= 15 is 0 Å². The van der Waals surface area contributed by atoms with Gasteiger partial charge in [0.25, 0.3) is 0 Å². The van der Waals surface area contributed by atoms with Crippen molar-refractivity contribution in [3.8, 4) is 0 Å². The molecule has 1 fully saturated rings. The molecule has 1 saturated heterocycles. The molecular weight excluding hydrogens is 298 g/mol. The van der Waals surface area contributed by atoms with Gasteiger partial charge in [-0.05, 0) is 13.8 Å². The Labute approximate surface area is 123 Å². The van der Waals surface area contributed by atoms with Crippen LogP contribution in [0.1, 0.15) is 17.9 Å². The molecule has 0 radical (unpaired) electrons. The highest BCUT2D eigenvalue weighted by Gasteiger charge is 2.33. The second-order valence-corrected chi connectivity index (χ2v) is 6.92. The van der Waals surface area contributed by atoms with Crippen molar-refractivity contribution in [1.29, 1.82) is 0 Å². The average Bonchev–Trinajstić information content (AvgIpc) is 2.77. The number of hydrogen-bond acceptors (Lipinski definition) is 6. The van der Waals surface area contributed by atoms with E-state index in [0.717, 1.165) is 0 Å². The van der Waals surface area contributed by atoms with Crippen molar-refractivity contribution < 1.29 is 22.8 Å². The first kappa shape index (κ1) is 15.9. The molecule has 0 aromatic carbocycles. The molecule has 1 aromatic rings. The average molecular weight is 317 g/mol. The SMILES string of the molecule is Cc1noc(C)c1S(=O)(=O)N1CCN(CCC(=O)O)CC1. The molecule has 0 unspecified atom stereocenters. The molecule has 2 rings (SSSR count). The zero-order valence-electron chi connectivity index (χ0n) is 12.1. The fraction of sp³-hybridized carbons (Fsp3) is 0.667. The van der Waals surface area contributed by atoms with E-state index in [-0.39, 0.29) is 11.3 Å². The van der Waals surface area contributed by atoms with Gasteiger partial charge >= 0.3 is 5.97 Å². The Morgan fingerprint density at radius 2 is 1.90 bits per heavy atom. The van der Waals surface area contributed by atoms with E-state index in [1.54, 1.807) is 13.8 Å². The lowest BCUT2D eigenvalue weighted by Gasteiger charge is -2.33. The number of hydrogen-bond donors (Lipinski definition) is 1. The normalized spacial score (nSPS) is 18.0. The predicted octanol–water partition coefficient (Wildman–Crippen LogP) is 0.0724. The summed E-state index contributed by atoms with van der Waals surface area (Å²) in [6, 6.07) is 0. The lowest BCUT2D eigenvalue weighted by molar-refractivity contribution is -0.137. The summed E-state index contributed by atoms with van der Waals surface area (Å²) in [5.74, 6) is -0.554. The highest BCUT2D eigenvalue weighted by Crippen LogP contribution is 2.24. The van der Waals surface area contributed by atoms with E-state index in [0.29, 0.717) is 44.2 Å². The van der Waals surface area contributed by atoms with Crippen LogP contribution in [0, 0.1) is 13.8 Å². The van der Waals surface area contributed by atoms with Crippen LogP contribution in [-0.4, -0.2) is 66.6 Å². The molecule has 118 valence electrons. The van der Waals surface area contributed by atoms with Gasteiger partial charge in [-0.15, -0.1) is 0 Å². The molecule has 1 aromatic heterocycles. The monoisotopic (exact) mass is 317 g/mol. The highest BCUT2D eigenvalue weighted by molar-refractivity contribution is 7.89. The number of carboxylic acids is 1. The molecule has 2 heterocycles. The topological polar surface area (TPSA) is 104 Å². The van der Waals surface area contributed by atoms with Crippen LogP contribution in [0.2, 0.25) is 0 Å². The van der Waals surface area contributed by atoms with Crippen molar-refractivity contribution in [3.63, 3.8) is 0 Å². The number of aliphatic carboxylic acids is 1. The van der Waals surface area contributed by atoms with Crippen molar-refractivity contribution in [2.75, 3.05) is 32.7 Å². The summed E-state index contributed by atoms with van der Waals surface area (Å²) in [5.41, 5.74) is 0.362. The number of nitrogens with zero attached hydrogens (tertiary/aromatic N) is 3. The summed E-state index contributed by atoms with van der Waals surface area (Å²) < 4.78 is 31.5. The Bertz CT molecular complexity index is 597. The van der Waals surface area contributed by atoms with E-state index < -0.39 is 16.0 Å². The van der Waals surface area contributed by atoms with Gasteiger partial charge < -0.3 is 14.5 Å². The minimum Gasteiger partial charge on any atom is -0.481 e. The van der Waals surface area contributed by atoms with E-state index in [1.165, 1.54) is 4.31 Å². The number of aryl methyl sites for hydroxylation is 2. The van der Waals surface area contributed by atoms with Gasteiger partial charge in [-0.3, -0.25) is 4.79 Å². The first-order chi connectivity index (χ1) is 9.82. The summed E-state index contributed by atoms with van der Waals surface area (Å²) >= 11 is 0. The van der Waals surface area contributed by atoms with E-state index in [4.69, 9.17) is 9.63 Å². The van der Waals surface area contributed by atoms with Crippen molar-refractivity contribution in [1.82, 2.24) is 14.4 Å². The van der Waals surface area contributed by atoms with E-state index in [1.807, 2.05) is 4.90 Å². The largest absolute Gasteiger partial charge is 0.481 e. The quantitative estimate of drug-likeness (QED) is 0.819. The number of rotatable bonds is 5. The van der Waals surface area contributed by atoms with Crippen LogP contribution in [0.25, 0.3) is 0 Å². The minimum absolute atomic E-state index is 0.0661. The standard InChI is InChI=1S/C12H19N3O5S/c1-9-12(10(2)20-13-9)21(18,19)15-7-5-14(6-8-15)4-3-11(16)17/h3-8H2,1-2H3,(H,16,17). The third-order valence-corrected chi connectivity index (χ3v) is 5.68. The fourth-order valence-corrected chi connectivity index (χ4v) is 4.13. The Hall–Kier alpha value is -1.45. The molecule has 21 heavy (non-hydrogen) atoms. The fourth-order valence-electron chi connectivity index (χ4n) is 2.42. The van der Waals surface area contributed by atoms with Gasteiger partial charge in [-0.1, -0.05) is 5.16 Å². The third-order valence-electron chi connectivity index (χ3n) is 3.54. The molecule has 0 bridgehead atoms. The van der Waals surface area contributed by atoms with Crippen molar-refractivity contribution in [2.45, 2.75) is 25.2 Å². The summed E-state index contributed by atoms with van der Waals surface area (Å²) in [7, 11) is -3.60. The molecule has 0 amide bonds. The molecular formula is C12H19N3O5S. The summed E-state index contributed by atoms with van der Waals surface area (Å²) in [6.07, 6.45) is 0.0661. The van der Waals surface area contributed by atoms with Crippen LogP contribution in [0.4, 0.5) is 0 Å². The lowest BCUT2D eigenvalue weighted by atomic mass is 10.3. The Morgan fingerprint density at radius 3 is 2.38 bits per heavy atom. The van der Waals surface area contributed by atoms with Crippen LogP contribution in [0.3, 0.4) is 0 Å². The first-order valence-corrected chi connectivity index (χ1v) is 8.13. The molecule has 0 spiro atoms. The van der Waals surface area contributed by atoms with Crippen LogP contribution in [0.15, 0.2) is 9.42 Å². The predicted molar refractivity (Wildman–Crippen MR) is 73.4 cm³/mol. The van der Waals surface area contributed by atoms with E-state index in [9.17, 15) is 13.2 Å². The van der Waals surface area contributed by atoms with E-state index in [2.05, 4.69) is 5.16 Å². The van der Waals surface area contributed by atoms with Gasteiger partial charge in [0.2, 0.25) is 10.0 Å². The Morgan fingerprint density at radius 1 is 1.29 bits per heavy atom. The van der Waals surface area contributed by atoms with Gasteiger partial charge in [0.05, 0.1) is 6.42 Å². The molecule has 0 atom stereocenters.